The molecule has 0 aromatic heterocycles. The average molecular weight is 234 g/mol. The molecule has 1 atom stereocenters. The van der Waals surface area contributed by atoms with E-state index in [4.69, 9.17) is 0 Å². The predicted octanol–water partition coefficient (Wildman–Crippen LogP) is 5.87. The molecule has 2 aliphatic carbocycles. The van der Waals surface area contributed by atoms with Crippen molar-refractivity contribution in [2.45, 2.75) is 83.5 Å². The molecule has 98 valence electrons. The van der Waals surface area contributed by atoms with Gasteiger partial charge < -0.3 is 0 Å². The van der Waals surface area contributed by atoms with Crippen molar-refractivity contribution in [3.05, 3.63) is 12.2 Å². The van der Waals surface area contributed by atoms with E-state index in [0.717, 1.165) is 11.8 Å². The summed E-state index contributed by atoms with van der Waals surface area (Å²) in [5, 5.41) is 0. The molecule has 0 aliphatic heterocycles. The monoisotopic (exact) mass is 234 g/mol. The van der Waals surface area contributed by atoms with Crippen LogP contribution in [0.4, 0.5) is 0 Å². The highest BCUT2D eigenvalue weighted by Gasteiger charge is 2.23. The second kappa shape index (κ2) is 7.24. The molecule has 0 amide bonds. The van der Waals surface area contributed by atoms with E-state index >= 15 is 0 Å². The van der Waals surface area contributed by atoms with Gasteiger partial charge in [-0.15, -0.1) is 0 Å². The minimum absolute atomic E-state index is 0.987. The van der Waals surface area contributed by atoms with Gasteiger partial charge in [0, 0.05) is 0 Å². The standard InChI is InChI=1S/C17H30/c1-15-10-6-5-9-13-17(14-15)16-11-7-3-2-4-8-12-16/h16-17H,1-14H2. The maximum absolute atomic E-state index is 4.30. The third-order valence-electron chi connectivity index (χ3n) is 4.97. The zero-order chi connectivity index (χ0) is 11.9. The number of hydrogen-bond acceptors (Lipinski definition) is 0. The number of hydrogen-bond donors (Lipinski definition) is 0. The summed E-state index contributed by atoms with van der Waals surface area (Å²) in [6, 6.07) is 0. The van der Waals surface area contributed by atoms with Gasteiger partial charge in [-0.1, -0.05) is 69.9 Å². The Morgan fingerprint density at radius 3 is 1.88 bits per heavy atom. The second-order valence-electron chi connectivity index (χ2n) is 6.42. The molecule has 0 radical (unpaired) electrons. The van der Waals surface area contributed by atoms with Gasteiger partial charge in [0.1, 0.15) is 0 Å². The van der Waals surface area contributed by atoms with E-state index in [0.29, 0.717) is 0 Å². The van der Waals surface area contributed by atoms with Crippen molar-refractivity contribution >= 4 is 0 Å². The van der Waals surface area contributed by atoms with Crippen molar-refractivity contribution in [2.24, 2.45) is 11.8 Å². The van der Waals surface area contributed by atoms with Crippen LogP contribution in [0.1, 0.15) is 83.5 Å². The van der Waals surface area contributed by atoms with Crippen molar-refractivity contribution < 1.29 is 0 Å². The maximum Gasteiger partial charge on any atom is -0.0292 e. The molecule has 17 heavy (non-hydrogen) atoms. The SMILES string of the molecule is C=C1CCCCCC(C2CCCCCCC2)C1. The molecule has 2 rings (SSSR count). The Labute approximate surface area is 108 Å². The predicted molar refractivity (Wildman–Crippen MR) is 76.1 cm³/mol. The minimum Gasteiger partial charge on any atom is -0.0999 e. The molecule has 0 bridgehead atoms. The second-order valence-corrected chi connectivity index (χ2v) is 6.42. The van der Waals surface area contributed by atoms with Gasteiger partial charge in [0.05, 0.1) is 0 Å². The van der Waals surface area contributed by atoms with Crippen LogP contribution in [-0.4, -0.2) is 0 Å². The van der Waals surface area contributed by atoms with Crippen LogP contribution in [0.5, 0.6) is 0 Å². The zero-order valence-electron chi connectivity index (χ0n) is 11.6. The number of allylic oxidation sites excluding steroid dienone is 1. The fourth-order valence-electron chi connectivity index (χ4n) is 3.89. The van der Waals surface area contributed by atoms with E-state index in [1.807, 2.05) is 0 Å². The molecule has 0 heterocycles. The molecule has 0 aromatic rings. The lowest BCUT2D eigenvalue weighted by Crippen LogP contribution is -2.18. The summed E-state index contributed by atoms with van der Waals surface area (Å²) in [6.07, 6.45) is 19.0. The first-order valence-electron chi connectivity index (χ1n) is 8.03. The molecule has 2 fully saturated rings. The highest BCUT2D eigenvalue weighted by atomic mass is 14.3. The average Bonchev–Trinajstić information content (AvgIpc) is 2.23. The Kier molecular flexibility index (Phi) is 5.61. The molecular formula is C17H30. The van der Waals surface area contributed by atoms with E-state index < -0.39 is 0 Å². The summed E-state index contributed by atoms with van der Waals surface area (Å²) in [6.45, 7) is 4.30. The van der Waals surface area contributed by atoms with E-state index in [9.17, 15) is 0 Å². The van der Waals surface area contributed by atoms with Crippen molar-refractivity contribution in [3.8, 4) is 0 Å². The van der Waals surface area contributed by atoms with Crippen molar-refractivity contribution in [2.75, 3.05) is 0 Å². The zero-order valence-corrected chi connectivity index (χ0v) is 11.6. The Bertz CT molecular complexity index is 220. The third kappa shape index (κ3) is 4.48. The largest absolute Gasteiger partial charge is 0.0999 e. The van der Waals surface area contributed by atoms with Crippen LogP contribution in [-0.2, 0) is 0 Å². The van der Waals surface area contributed by atoms with Crippen LogP contribution < -0.4 is 0 Å². The van der Waals surface area contributed by atoms with Crippen LogP contribution in [0.3, 0.4) is 0 Å². The first-order valence-corrected chi connectivity index (χ1v) is 8.03. The first kappa shape index (κ1) is 13.2. The fourth-order valence-corrected chi connectivity index (χ4v) is 3.89. The summed E-state index contributed by atoms with van der Waals surface area (Å²) in [5.41, 5.74) is 1.55. The Balaban J connectivity index is 1.89. The highest BCUT2D eigenvalue weighted by molar-refractivity contribution is 4.98. The number of rotatable bonds is 1. The summed E-state index contributed by atoms with van der Waals surface area (Å²) >= 11 is 0. The third-order valence-corrected chi connectivity index (χ3v) is 4.97. The Morgan fingerprint density at radius 2 is 1.18 bits per heavy atom. The topological polar surface area (TPSA) is 0 Å². The molecule has 2 saturated carbocycles. The van der Waals surface area contributed by atoms with Gasteiger partial charge in [0.25, 0.3) is 0 Å². The normalized spacial score (nSPS) is 30.1. The fraction of sp³-hybridized carbons (Fsp3) is 0.882. The van der Waals surface area contributed by atoms with Crippen LogP contribution >= 0.6 is 0 Å². The summed E-state index contributed by atoms with van der Waals surface area (Å²) < 4.78 is 0. The Morgan fingerprint density at radius 1 is 0.647 bits per heavy atom. The molecule has 2 aliphatic rings. The lowest BCUT2D eigenvalue weighted by atomic mass is 9.75. The lowest BCUT2D eigenvalue weighted by Gasteiger charge is -2.31. The molecular weight excluding hydrogens is 204 g/mol. The van der Waals surface area contributed by atoms with Gasteiger partial charge in [0.2, 0.25) is 0 Å². The van der Waals surface area contributed by atoms with Crippen LogP contribution in [0.2, 0.25) is 0 Å². The van der Waals surface area contributed by atoms with Crippen LogP contribution in [0.25, 0.3) is 0 Å². The van der Waals surface area contributed by atoms with E-state index in [-0.39, 0.29) is 0 Å². The molecule has 0 saturated heterocycles. The highest BCUT2D eigenvalue weighted by Crippen LogP contribution is 2.36. The van der Waals surface area contributed by atoms with Gasteiger partial charge in [-0.25, -0.2) is 0 Å². The summed E-state index contributed by atoms with van der Waals surface area (Å²) in [4.78, 5) is 0. The minimum atomic E-state index is 0.987. The molecule has 0 nitrogen and oxygen atoms in total. The van der Waals surface area contributed by atoms with Gasteiger partial charge >= 0.3 is 0 Å². The van der Waals surface area contributed by atoms with Crippen LogP contribution in [0.15, 0.2) is 12.2 Å². The van der Waals surface area contributed by atoms with Crippen molar-refractivity contribution in [1.82, 2.24) is 0 Å². The van der Waals surface area contributed by atoms with E-state index in [1.165, 1.54) is 83.5 Å². The van der Waals surface area contributed by atoms with E-state index in [1.54, 1.807) is 5.57 Å². The lowest BCUT2D eigenvalue weighted by molar-refractivity contribution is 0.238. The van der Waals surface area contributed by atoms with Gasteiger partial charge in [0.15, 0.2) is 0 Å². The Hall–Kier alpha value is -0.260. The summed E-state index contributed by atoms with van der Waals surface area (Å²) in [5.74, 6) is 2.02. The van der Waals surface area contributed by atoms with Gasteiger partial charge in [-0.2, -0.15) is 0 Å². The summed E-state index contributed by atoms with van der Waals surface area (Å²) in [7, 11) is 0. The van der Waals surface area contributed by atoms with Gasteiger partial charge in [-0.3, -0.25) is 0 Å². The van der Waals surface area contributed by atoms with Crippen molar-refractivity contribution in [3.63, 3.8) is 0 Å². The molecule has 0 heteroatoms. The van der Waals surface area contributed by atoms with Gasteiger partial charge in [-0.05, 0) is 37.5 Å². The quantitative estimate of drug-likeness (QED) is 0.497. The molecule has 0 aromatic carbocycles. The molecule has 0 N–H and O–H groups in total. The molecule has 1 unspecified atom stereocenters. The smallest absolute Gasteiger partial charge is 0.0292 e. The van der Waals surface area contributed by atoms with Crippen LogP contribution in [0, 0.1) is 11.8 Å². The van der Waals surface area contributed by atoms with Crippen molar-refractivity contribution in [1.29, 1.82) is 0 Å². The maximum atomic E-state index is 4.30. The van der Waals surface area contributed by atoms with E-state index in [2.05, 4.69) is 6.58 Å². The first-order chi connectivity index (χ1) is 8.36. The molecule has 0 spiro atoms.